The van der Waals surface area contributed by atoms with E-state index in [1.54, 1.807) is 6.92 Å². The normalized spacial score (nSPS) is 11.7. The largest absolute Gasteiger partial charge is 0.382 e. The lowest BCUT2D eigenvalue weighted by Crippen LogP contribution is -2.35. The average Bonchev–Trinajstić information content (AvgIpc) is 3.16. The first-order valence-corrected chi connectivity index (χ1v) is 12.1. The van der Waals surface area contributed by atoms with Gasteiger partial charge in [-0.05, 0) is 53.2 Å². The van der Waals surface area contributed by atoms with E-state index in [4.69, 9.17) is 9.47 Å². The Bertz CT molecular complexity index is 1290. The summed E-state index contributed by atoms with van der Waals surface area (Å²) in [5.41, 5.74) is -1.35. The number of aromatic nitrogens is 2. The highest BCUT2D eigenvalue weighted by Crippen LogP contribution is 2.37. The van der Waals surface area contributed by atoms with Gasteiger partial charge in [0.2, 0.25) is 0 Å². The molecule has 0 atom stereocenters. The van der Waals surface area contributed by atoms with Gasteiger partial charge in [-0.3, -0.25) is 4.68 Å². The third-order valence-electron chi connectivity index (χ3n) is 4.72. The molecule has 0 aliphatic rings. The van der Waals surface area contributed by atoms with Crippen molar-refractivity contribution in [2.45, 2.75) is 18.4 Å². The van der Waals surface area contributed by atoms with Crippen LogP contribution in [0.3, 0.4) is 0 Å². The zero-order valence-electron chi connectivity index (χ0n) is 18.1. The van der Waals surface area contributed by atoms with Crippen LogP contribution in [-0.4, -0.2) is 45.3 Å². The molecule has 34 heavy (non-hydrogen) atoms. The van der Waals surface area contributed by atoms with Gasteiger partial charge in [-0.25, -0.2) is 30.3 Å². The van der Waals surface area contributed by atoms with E-state index in [0.717, 1.165) is 18.2 Å². The molecule has 0 aliphatic carbocycles. The minimum atomic E-state index is -4.89. The van der Waals surface area contributed by atoms with Gasteiger partial charge in [0.05, 0.1) is 28.9 Å². The molecule has 1 aromatic heterocycles. The first kappa shape index (κ1) is 26.1. The van der Waals surface area contributed by atoms with Crippen LogP contribution in [0.15, 0.2) is 45.9 Å². The lowest BCUT2D eigenvalue weighted by molar-refractivity contribution is 0.0754. The summed E-state index contributed by atoms with van der Waals surface area (Å²) < 4.78 is 97.3. The van der Waals surface area contributed by atoms with Crippen LogP contribution < -0.4 is 4.31 Å². The molecule has 0 unspecified atom stereocenters. The molecule has 0 radical (unpaired) electrons. The van der Waals surface area contributed by atoms with E-state index in [-0.39, 0.29) is 23.4 Å². The van der Waals surface area contributed by atoms with Crippen molar-refractivity contribution in [2.75, 3.05) is 31.4 Å². The highest BCUT2D eigenvalue weighted by molar-refractivity contribution is 9.10. The van der Waals surface area contributed by atoms with Gasteiger partial charge in [-0.2, -0.15) is 5.10 Å². The van der Waals surface area contributed by atoms with E-state index in [1.165, 1.54) is 18.0 Å². The Morgan fingerprint density at radius 2 is 1.79 bits per heavy atom. The summed E-state index contributed by atoms with van der Waals surface area (Å²) in [6, 6.07) is 3.56. The van der Waals surface area contributed by atoms with Crippen molar-refractivity contribution in [3.8, 4) is 11.3 Å². The molecular formula is C21H20BrF4N3O4S. The third kappa shape index (κ3) is 5.27. The number of methoxy groups -OCH3 is 1. The second kappa shape index (κ2) is 10.8. The van der Waals surface area contributed by atoms with Crippen LogP contribution in [0.5, 0.6) is 0 Å². The zero-order chi connectivity index (χ0) is 25.0. The molecular weight excluding hydrogens is 546 g/mol. The highest BCUT2D eigenvalue weighted by atomic mass is 79.9. The Morgan fingerprint density at radius 1 is 1.09 bits per heavy atom. The summed E-state index contributed by atoms with van der Waals surface area (Å²) in [5, 5.41) is 4.12. The van der Waals surface area contributed by atoms with Gasteiger partial charge in [0.15, 0.2) is 5.82 Å². The predicted octanol–water partition coefficient (Wildman–Crippen LogP) is 4.70. The number of hydrogen-bond acceptors (Lipinski definition) is 5. The van der Waals surface area contributed by atoms with Crippen LogP contribution in [-0.2, 0) is 26.0 Å². The summed E-state index contributed by atoms with van der Waals surface area (Å²) >= 11 is 3.20. The SMILES string of the molecule is CCn1cc(Br)c(-c2c(F)ccc(N(COCCOC)S(=O)(=O)c3cc(F)ccc3F)c2F)n1. The standard InChI is InChI=1S/C21H20BrF4N3O4S/c1-3-28-11-14(22)21(27-28)19-16(25)6-7-17(20(19)26)29(12-33-9-8-32-2)34(30,31)18-10-13(23)4-5-15(18)24/h4-7,10-11H,3,8-9,12H2,1-2H3. The lowest BCUT2D eigenvalue weighted by Gasteiger charge is -2.25. The number of aryl methyl sites for hydroxylation is 1. The summed E-state index contributed by atoms with van der Waals surface area (Å²) in [7, 11) is -3.50. The van der Waals surface area contributed by atoms with Gasteiger partial charge in [0, 0.05) is 19.9 Å². The van der Waals surface area contributed by atoms with Gasteiger partial charge in [-0.15, -0.1) is 0 Å². The van der Waals surface area contributed by atoms with Gasteiger partial charge in [0.25, 0.3) is 10.0 Å². The number of rotatable bonds is 10. The maximum Gasteiger partial charge on any atom is 0.269 e. The molecule has 2 aromatic carbocycles. The number of nitrogens with zero attached hydrogens (tertiary/aromatic N) is 3. The Morgan fingerprint density at radius 3 is 2.44 bits per heavy atom. The van der Waals surface area contributed by atoms with Crippen molar-refractivity contribution < 1.29 is 35.5 Å². The summed E-state index contributed by atoms with van der Waals surface area (Å²) in [6.07, 6.45) is 1.51. The molecule has 0 spiro atoms. The molecule has 1 heterocycles. The van der Waals surface area contributed by atoms with Crippen molar-refractivity contribution in [2.24, 2.45) is 0 Å². The second-order valence-corrected chi connectivity index (χ2v) is 9.58. The Kier molecular flexibility index (Phi) is 8.34. The quantitative estimate of drug-likeness (QED) is 0.202. The fraction of sp³-hybridized carbons (Fsp3) is 0.286. The molecule has 7 nitrogen and oxygen atoms in total. The Labute approximate surface area is 202 Å². The van der Waals surface area contributed by atoms with Crippen molar-refractivity contribution in [3.05, 3.63) is 64.3 Å². The molecule has 13 heteroatoms. The smallest absolute Gasteiger partial charge is 0.269 e. The monoisotopic (exact) mass is 565 g/mol. The van der Waals surface area contributed by atoms with Crippen molar-refractivity contribution >= 4 is 31.6 Å². The molecule has 0 aliphatic heterocycles. The number of anilines is 1. The maximum absolute atomic E-state index is 15.7. The molecule has 0 N–H and O–H groups in total. The van der Waals surface area contributed by atoms with Crippen molar-refractivity contribution in [3.63, 3.8) is 0 Å². The highest BCUT2D eigenvalue weighted by Gasteiger charge is 2.33. The van der Waals surface area contributed by atoms with E-state index < -0.39 is 56.2 Å². The summed E-state index contributed by atoms with van der Waals surface area (Å²) in [5.74, 6) is -4.55. The number of benzene rings is 2. The molecule has 184 valence electrons. The first-order chi connectivity index (χ1) is 16.1. The third-order valence-corrected chi connectivity index (χ3v) is 7.05. The molecule has 0 amide bonds. The molecule has 0 saturated carbocycles. The Hall–Kier alpha value is -2.48. The molecule has 3 aromatic rings. The fourth-order valence-corrected chi connectivity index (χ4v) is 4.97. The average molecular weight is 566 g/mol. The van der Waals surface area contributed by atoms with E-state index in [2.05, 4.69) is 21.0 Å². The van der Waals surface area contributed by atoms with E-state index in [9.17, 15) is 21.6 Å². The van der Waals surface area contributed by atoms with E-state index in [1.807, 2.05) is 0 Å². The predicted molar refractivity (Wildman–Crippen MR) is 120 cm³/mol. The maximum atomic E-state index is 15.7. The molecule has 0 saturated heterocycles. The van der Waals surface area contributed by atoms with Crippen LogP contribution in [0.25, 0.3) is 11.3 Å². The van der Waals surface area contributed by atoms with Crippen LogP contribution in [0.4, 0.5) is 23.2 Å². The molecule has 0 bridgehead atoms. The number of sulfonamides is 1. The van der Waals surface area contributed by atoms with Crippen LogP contribution in [0.1, 0.15) is 6.92 Å². The summed E-state index contributed by atoms with van der Waals surface area (Å²) in [6.45, 7) is 1.39. The lowest BCUT2D eigenvalue weighted by atomic mass is 10.1. The van der Waals surface area contributed by atoms with Crippen LogP contribution >= 0.6 is 15.9 Å². The molecule has 3 rings (SSSR count). The molecule has 0 fully saturated rings. The van der Waals surface area contributed by atoms with Gasteiger partial charge in [0.1, 0.15) is 34.8 Å². The first-order valence-electron chi connectivity index (χ1n) is 9.87. The minimum absolute atomic E-state index is 0.0841. The second-order valence-electron chi connectivity index (χ2n) is 6.90. The van der Waals surface area contributed by atoms with E-state index >= 15 is 4.39 Å². The zero-order valence-corrected chi connectivity index (χ0v) is 20.5. The van der Waals surface area contributed by atoms with Crippen LogP contribution in [0.2, 0.25) is 0 Å². The summed E-state index contributed by atoms with van der Waals surface area (Å²) in [4.78, 5) is -1.04. The number of halogens is 5. The van der Waals surface area contributed by atoms with Gasteiger partial charge >= 0.3 is 0 Å². The fourth-order valence-electron chi connectivity index (χ4n) is 3.03. The van der Waals surface area contributed by atoms with Crippen molar-refractivity contribution in [1.29, 1.82) is 0 Å². The Balaban J connectivity index is 2.18. The minimum Gasteiger partial charge on any atom is -0.382 e. The van der Waals surface area contributed by atoms with Crippen LogP contribution in [0, 0.1) is 23.3 Å². The van der Waals surface area contributed by atoms with Gasteiger partial charge < -0.3 is 9.47 Å². The van der Waals surface area contributed by atoms with Gasteiger partial charge in [-0.1, -0.05) is 0 Å². The number of hydrogen-bond donors (Lipinski definition) is 0. The van der Waals surface area contributed by atoms with E-state index in [0.29, 0.717) is 23.0 Å². The van der Waals surface area contributed by atoms with Crippen molar-refractivity contribution in [1.82, 2.24) is 9.78 Å². The number of ether oxygens (including phenoxy) is 2. The topological polar surface area (TPSA) is 73.7 Å².